The molecule has 1 fully saturated rings. The second-order valence-corrected chi connectivity index (χ2v) is 6.04. The van der Waals surface area contributed by atoms with Gasteiger partial charge in [0.1, 0.15) is 5.82 Å². The Hall–Kier alpha value is -0.450. The number of ether oxygens (including phenoxy) is 1. The molecule has 0 bridgehead atoms. The molecular weight excluding hydrogens is 309 g/mol. The van der Waals surface area contributed by atoms with Gasteiger partial charge in [-0.3, -0.25) is 0 Å². The van der Waals surface area contributed by atoms with Crippen LogP contribution in [-0.4, -0.2) is 18.8 Å². The standard InChI is InChI=1S/C15H21BrFNO/c1-2-3-14-9-13(6-7-19-14)18-10-11-8-12(16)4-5-15(11)17/h4-5,8,13-14,18H,2-3,6-7,9-10H2,1H3. The molecule has 0 aliphatic carbocycles. The molecule has 2 unspecified atom stereocenters. The zero-order valence-electron chi connectivity index (χ0n) is 11.3. The van der Waals surface area contributed by atoms with E-state index in [0.717, 1.165) is 36.8 Å². The van der Waals surface area contributed by atoms with Gasteiger partial charge in [-0.15, -0.1) is 0 Å². The summed E-state index contributed by atoms with van der Waals surface area (Å²) >= 11 is 3.38. The minimum Gasteiger partial charge on any atom is -0.378 e. The van der Waals surface area contributed by atoms with Crippen LogP contribution in [0.15, 0.2) is 22.7 Å². The van der Waals surface area contributed by atoms with Gasteiger partial charge in [-0.2, -0.15) is 0 Å². The molecular formula is C15H21BrFNO. The molecule has 1 heterocycles. The van der Waals surface area contributed by atoms with Crippen molar-refractivity contribution >= 4 is 15.9 Å². The Balaban J connectivity index is 1.86. The van der Waals surface area contributed by atoms with E-state index in [0.29, 0.717) is 24.3 Å². The van der Waals surface area contributed by atoms with Crippen molar-refractivity contribution in [1.29, 1.82) is 0 Å². The summed E-state index contributed by atoms with van der Waals surface area (Å²) < 4.78 is 20.3. The zero-order chi connectivity index (χ0) is 13.7. The average molecular weight is 330 g/mol. The minimum absolute atomic E-state index is 0.145. The minimum atomic E-state index is -0.145. The molecule has 1 aliphatic heterocycles. The van der Waals surface area contributed by atoms with Gasteiger partial charge in [-0.05, 0) is 37.5 Å². The summed E-state index contributed by atoms with van der Waals surface area (Å²) in [5.74, 6) is -0.145. The first-order valence-electron chi connectivity index (χ1n) is 6.98. The molecule has 0 radical (unpaired) electrons. The van der Waals surface area contributed by atoms with Crippen molar-refractivity contribution in [2.45, 2.75) is 51.3 Å². The van der Waals surface area contributed by atoms with E-state index >= 15 is 0 Å². The van der Waals surface area contributed by atoms with Gasteiger partial charge in [0, 0.05) is 29.2 Å². The first kappa shape index (κ1) is 14.9. The van der Waals surface area contributed by atoms with Crippen LogP contribution in [0.25, 0.3) is 0 Å². The van der Waals surface area contributed by atoms with Gasteiger partial charge in [-0.1, -0.05) is 29.3 Å². The van der Waals surface area contributed by atoms with Crippen molar-refractivity contribution in [2.24, 2.45) is 0 Å². The van der Waals surface area contributed by atoms with E-state index in [9.17, 15) is 4.39 Å². The zero-order valence-corrected chi connectivity index (χ0v) is 12.9. The lowest BCUT2D eigenvalue weighted by atomic mass is 10.00. The largest absolute Gasteiger partial charge is 0.378 e. The topological polar surface area (TPSA) is 21.3 Å². The van der Waals surface area contributed by atoms with E-state index in [-0.39, 0.29) is 5.82 Å². The number of nitrogens with one attached hydrogen (secondary N) is 1. The Morgan fingerprint density at radius 2 is 2.32 bits per heavy atom. The smallest absolute Gasteiger partial charge is 0.127 e. The first-order valence-corrected chi connectivity index (χ1v) is 7.77. The maximum atomic E-state index is 13.6. The van der Waals surface area contributed by atoms with Gasteiger partial charge in [-0.25, -0.2) is 4.39 Å². The fourth-order valence-electron chi connectivity index (χ4n) is 2.52. The van der Waals surface area contributed by atoms with Crippen LogP contribution in [0.3, 0.4) is 0 Å². The van der Waals surface area contributed by atoms with E-state index in [1.54, 1.807) is 6.07 Å². The molecule has 1 saturated heterocycles. The average Bonchev–Trinajstić information content (AvgIpc) is 2.41. The second kappa shape index (κ2) is 7.36. The Labute approximate surface area is 122 Å². The summed E-state index contributed by atoms with van der Waals surface area (Å²) in [6.07, 6.45) is 4.67. The molecule has 106 valence electrons. The van der Waals surface area contributed by atoms with Crippen molar-refractivity contribution in [3.05, 3.63) is 34.1 Å². The third kappa shape index (κ3) is 4.55. The molecule has 0 spiro atoms. The Morgan fingerprint density at radius 3 is 3.11 bits per heavy atom. The summed E-state index contributed by atoms with van der Waals surface area (Å²) in [7, 11) is 0. The molecule has 0 amide bonds. The number of rotatable bonds is 5. The fraction of sp³-hybridized carbons (Fsp3) is 0.600. The Morgan fingerprint density at radius 1 is 1.47 bits per heavy atom. The molecule has 2 rings (SSSR count). The normalized spacial score (nSPS) is 23.5. The molecule has 1 aliphatic rings. The van der Waals surface area contributed by atoms with Crippen LogP contribution in [0.5, 0.6) is 0 Å². The molecule has 0 aromatic heterocycles. The lowest BCUT2D eigenvalue weighted by Crippen LogP contribution is -2.38. The van der Waals surface area contributed by atoms with Crippen molar-refractivity contribution < 1.29 is 9.13 Å². The predicted octanol–water partition coefficient (Wildman–Crippen LogP) is 4.03. The second-order valence-electron chi connectivity index (χ2n) is 5.12. The highest BCUT2D eigenvalue weighted by atomic mass is 79.9. The van der Waals surface area contributed by atoms with Crippen LogP contribution in [0.4, 0.5) is 4.39 Å². The number of halogens is 2. The van der Waals surface area contributed by atoms with Crippen LogP contribution < -0.4 is 5.32 Å². The van der Waals surface area contributed by atoms with E-state index in [1.807, 2.05) is 6.07 Å². The number of hydrogen-bond donors (Lipinski definition) is 1. The molecule has 2 nitrogen and oxygen atoms in total. The summed E-state index contributed by atoms with van der Waals surface area (Å²) in [5, 5.41) is 3.45. The van der Waals surface area contributed by atoms with Gasteiger partial charge in [0.15, 0.2) is 0 Å². The van der Waals surface area contributed by atoms with Crippen LogP contribution >= 0.6 is 15.9 Å². The van der Waals surface area contributed by atoms with Gasteiger partial charge in [0.05, 0.1) is 6.10 Å². The number of benzene rings is 1. The van der Waals surface area contributed by atoms with E-state index in [1.165, 1.54) is 6.07 Å². The highest BCUT2D eigenvalue weighted by Gasteiger charge is 2.21. The van der Waals surface area contributed by atoms with Crippen molar-refractivity contribution in [1.82, 2.24) is 5.32 Å². The highest BCUT2D eigenvalue weighted by Crippen LogP contribution is 2.19. The molecule has 1 aromatic carbocycles. The first-order chi connectivity index (χ1) is 9.19. The maximum Gasteiger partial charge on any atom is 0.127 e. The van der Waals surface area contributed by atoms with Gasteiger partial charge in [0.2, 0.25) is 0 Å². The van der Waals surface area contributed by atoms with E-state index in [2.05, 4.69) is 28.2 Å². The van der Waals surface area contributed by atoms with Crippen LogP contribution in [0, 0.1) is 5.82 Å². The van der Waals surface area contributed by atoms with Gasteiger partial charge in [0.25, 0.3) is 0 Å². The summed E-state index contributed by atoms with van der Waals surface area (Å²) in [6, 6.07) is 5.50. The third-order valence-electron chi connectivity index (χ3n) is 3.57. The lowest BCUT2D eigenvalue weighted by molar-refractivity contribution is -0.00346. The van der Waals surface area contributed by atoms with Crippen LogP contribution in [0.2, 0.25) is 0 Å². The highest BCUT2D eigenvalue weighted by molar-refractivity contribution is 9.10. The third-order valence-corrected chi connectivity index (χ3v) is 4.06. The molecule has 4 heteroatoms. The molecule has 19 heavy (non-hydrogen) atoms. The molecule has 1 N–H and O–H groups in total. The van der Waals surface area contributed by atoms with Crippen LogP contribution in [0.1, 0.15) is 38.2 Å². The summed E-state index contributed by atoms with van der Waals surface area (Å²) in [5.41, 5.74) is 0.716. The molecule has 1 aromatic rings. The summed E-state index contributed by atoms with van der Waals surface area (Å²) in [6.45, 7) is 3.56. The Kier molecular flexibility index (Phi) is 5.79. The molecule has 0 saturated carbocycles. The van der Waals surface area contributed by atoms with Crippen molar-refractivity contribution in [3.8, 4) is 0 Å². The predicted molar refractivity (Wildman–Crippen MR) is 78.6 cm³/mol. The van der Waals surface area contributed by atoms with Crippen molar-refractivity contribution in [3.63, 3.8) is 0 Å². The van der Waals surface area contributed by atoms with Gasteiger partial charge < -0.3 is 10.1 Å². The quantitative estimate of drug-likeness (QED) is 0.880. The summed E-state index contributed by atoms with van der Waals surface area (Å²) in [4.78, 5) is 0. The fourth-order valence-corrected chi connectivity index (χ4v) is 2.93. The SMILES string of the molecule is CCCC1CC(NCc2cc(Br)ccc2F)CCO1. The number of hydrogen-bond acceptors (Lipinski definition) is 2. The van der Waals surface area contributed by atoms with Crippen LogP contribution in [-0.2, 0) is 11.3 Å². The van der Waals surface area contributed by atoms with Gasteiger partial charge >= 0.3 is 0 Å². The van der Waals surface area contributed by atoms with E-state index < -0.39 is 0 Å². The molecule has 2 atom stereocenters. The monoisotopic (exact) mass is 329 g/mol. The lowest BCUT2D eigenvalue weighted by Gasteiger charge is -2.30. The van der Waals surface area contributed by atoms with E-state index in [4.69, 9.17) is 4.74 Å². The Bertz CT molecular complexity index is 411. The van der Waals surface area contributed by atoms with Crippen molar-refractivity contribution in [2.75, 3.05) is 6.61 Å². The maximum absolute atomic E-state index is 13.6.